The van der Waals surface area contributed by atoms with Gasteiger partial charge in [-0.2, -0.15) is 0 Å². The first-order valence-corrected chi connectivity index (χ1v) is 6.61. The molecule has 0 spiro atoms. The SMILES string of the molecule is COc1ccc(Br)c(NC(=S)NCC(C)C)c1. The van der Waals surface area contributed by atoms with Crippen molar-refractivity contribution in [2.75, 3.05) is 19.0 Å². The minimum Gasteiger partial charge on any atom is -0.497 e. The second-order valence-corrected chi connectivity index (χ2v) is 5.34. The highest BCUT2D eigenvalue weighted by Crippen LogP contribution is 2.26. The Morgan fingerprint density at radius 2 is 2.18 bits per heavy atom. The lowest BCUT2D eigenvalue weighted by atomic mass is 10.2. The van der Waals surface area contributed by atoms with Crippen LogP contribution in [0.3, 0.4) is 0 Å². The number of hydrogen-bond acceptors (Lipinski definition) is 2. The number of methoxy groups -OCH3 is 1. The van der Waals surface area contributed by atoms with Gasteiger partial charge < -0.3 is 15.4 Å². The molecule has 0 bridgehead atoms. The molecule has 0 atom stereocenters. The molecular weight excluding hydrogens is 300 g/mol. The molecule has 1 aromatic rings. The second kappa shape index (κ2) is 6.81. The minimum atomic E-state index is 0.559. The van der Waals surface area contributed by atoms with Gasteiger partial charge in [0.05, 0.1) is 12.8 Å². The van der Waals surface area contributed by atoms with Crippen molar-refractivity contribution in [2.24, 2.45) is 5.92 Å². The Bertz CT molecular complexity index is 396. The second-order valence-electron chi connectivity index (χ2n) is 4.07. The monoisotopic (exact) mass is 316 g/mol. The lowest BCUT2D eigenvalue weighted by molar-refractivity contribution is 0.415. The van der Waals surface area contributed by atoms with Crippen LogP contribution in [-0.4, -0.2) is 18.8 Å². The smallest absolute Gasteiger partial charge is 0.170 e. The Labute approximate surface area is 116 Å². The molecule has 0 heterocycles. The minimum absolute atomic E-state index is 0.559. The fourth-order valence-corrected chi connectivity index (χ4v) is 1.73. The van der Waals surface area contributed by atoms with Gasteiger partial charge in [0.15, 0.2) is 5.11 Å². The molecule has 5 heteroatoms. The molecule has 0 fully saturated rings. The van der Waals surface area contributed by atoms with Crippen LogP contribution in [0, 0.1) is 5.92 Å². The van der Waals surface area contributed by atoms with E-state index >= 15 is 0 Å². The van der Waals surface area contributed by atoms with E-state index in [4.69, 9.17) is 17.0 Å². The van der Waals surface area contributed by atoms with Gasteiger partial charge in [-0.1, -0.05) is 13.8 Å². The maximum atomic E-state index is 5.21. The van der Waals surface area contributed by atoms with E-state index < -0.39 is 0 Å². The number of rotatable bonds is 4. The number of thiocarbonyl (C=S) groups is 1. The normalized spacial score (nSPS) is 10.2. The number of hydrogen-bond donors (Lipinski definition) is 2. The summed E-state index contributed by atoms with van der Waals surface area (Å²) in [5.41, 5.74) is 0.894. The predicted molar refractivity (Wildman–Crippen MR) is 79.8 cm³/mol. The highest BCUT2D eigenvalue weighted by atomic mass is 79.9. The van der Waals surface area contributed by atoms with Crippen LogP contribution in [0.15, 0.2) is 22.7 Å². The molecule has 0 aliphatic carbocycles. The van der Waals surface area contributed by atoms with Gasteiger partial charge in [0.2, 0.25) is 0 Å². The first-order valence-electron chi connectivity index (χ1n) is 5.41. The van der Waals surface area contributed by atoms with Gasteiger partial charge in [0.1, 0.15) is 5.75 Å². The molecule has 1 aromatic carbocycles. The van der Waals surface area contributed by atoms with E-state index in [2.05, 4.69) is 40.4 Å². The lowest BCUT2D eigenvalue weighted by Gasteiger charge is -2.14. The van der Waals surface area contributed by atoms with Crippen LogP contribution in [0.1, 0.15) is 13.8 Å². The highest BCUT2D eigenvalue weighted by Gasteiger charge is 2.04. The average Bonchev–Trinajstić information content (AvgIpc) is 2.29. The third-order valence-electron chi connectivity index (χ3n) is 2.09. The number of halogens is 1. The van der Waals surface area contributed by atoms with E-state index in [9.17, 15) is 0 Å². The zero-order chi connectivity index (χ0) is 12.8. The van der Waals surface area contributed by atoms with Crippen molar-refractivity contribution in [1.29, 1.82) is 0 Å². The van der Waals surface area contributed by atoms with Gasteiger partial charge in [-0.05, 0) is 46.2 Å². The first kappa shape index (κ1) is 14.3. The molecule has 0 saturated heterocycles. The van der Waals surface area contributed by atoms with Crippen LogP contribution in [0.2, 0.25) is 0 Å². The van der Waals surface area contributed by atoms with Crippen LogP contribution in [-0.2, 0) is 0 Å². The number of nitrogens with one attached hydrogen (secondary N) is 2. The quantitative estimate of drug-likeness (QED) is 0.834. The molecule has 17 heavy (non-hydrogen) atoms. The van der Waals surface area contributed by atoms with E-state index in [-0.39, 0.29) is 0 Å². The number of ether oxygens (including phenoxy) is 1. The van der Waals surface area contributed by atoms with Gasteiger partial charge >= 0.3 is 0 Å². The summed E-state index contributed by atoms with van der Waals surface area (Å²) >= 11 is 8.67. The molecule has 0 aliphatic heterocycles. The summed E-state index contributed by atoms with van der Waals surface area (Å²) in [4.78, 5) is 0. The maximum Gasteiger partial charge on any atom is 0.170 e. The maximum absolute atomic E-state index is 5.21. The Kier molecular flexibility index (Phi) is 5.71. The Balaban J connectivity index is 2.64. The summed E-state index contributed by atoms with van der Waals surface area (Å²) in [6.07, 6.45) is 0. The topological polar surface area (TPSA) is 33.3 Å². The Morgan fingerprint density at radius 3 is 2.76 bits per heavy atom. The van der Waals surface area contributed by atoms with Crippen molar-refractivity contribution in [3.05, 3.63) is 22.7 Å². The standard InChI is InChI=1S/C12H17BrN2OS/c1-8(2)7-14-12(17)15-11-6-9(16-3)4-5-10(11)13/h4-6,8H,7H2,1-3H3,(H2,14,15,17). The molecular formula is C12H17BrN2OS. The third-order valence-corrected chi connectivity index (χ3v) is 3.03. The molecule has 1 rings (SSSR count). The summed E-state index contributed by atoms with van der Waals surface area (Å²) in [5, 5.41) is 6.91. The zero-order valence-corrected chi connectivity index (χ0v) is 12.6. The van der Waals surface area contributed by atoms with Crippen molar-refractivity contribution in [3.8, 4) is 5.75 Å². The summed E-state index contributed by atoms with van der Waals surface area (Å²) in [7, 11) is 1.64. The third kappa shape index (κ3) is 4.91. The predicted octanol–water partition coefficient (Wildman–Crippen LogP) is 3.40. The molecule has 0 radical (unpaired) electrons. The average molecular weight is 317 g/mol. The van der Waals surface area contributed by atoms with Crippen molar-refractivity contribution >= 4 is 38.9 Å². The molecule has 94 valence electrons. The van der Waals surface area contributed by atoms with Gasteiger partial charge in [0.25, 0.3) is 0 Å². The van der Waals surface area contributed by atoms with Crippen LogP contribution < -0.4 is 15.4 Å². The van der Waals surface area contributed by atoms with E-state index in [0.717, 1.165) is 22.5 Å². The van der Waals surface area contributed by atoms with Crippen molar-refractivity contribution in [1.82, 2.24) is 5.32 Å². The van der Waals surface area contributed by atoms with Crippen LogP contribution in [0.4, 0.5) is 5.69 Å². The molecule has 0 saturated carbocycles. The van der Waals surface area contributed by atoms with Crippen molar-refractivity contribution in [2.45, 2.75) is 13.8 Å². The Morgan fingerprint density at radius 1 is 1.47 bits per heavy atom. The molecule has 0 amide bonds. The van der Waals surface area contributed by atoms with Crippen molar-refractivity contribution < 1.29 is 4.74 Å². The number of anilines is 1. The Hall–Kier alpha value is -0.810. The van der Waals surface area contributed by atoms with Gasteiger partial charge in [0, 0.05) is 17.1 Å². The van der Waals surface area contributed by atoms with Gasteiger partial charge in [-0.3, -0.25) is 0 Å². The van der Waals surface area contributed by atoms with E-state index in [1.165, 1.54) is 0 Å². The van der Waals surface area contributed by atoms with E-state index in [1.54, 1.807) is 7.11 Å². The largest absolute Gasteiger partial charge is 0.497 e. The van der Waals surface area contributed by atoms with Crippen LogP contribution >= 0.6 is 28.1 Å². The van der Waals surface area contributed by atoms with Crippen LogP contribution in [0.5, 0.6) is 5.75 Å². The summed E-state index contributed by atoms with van der Waals surface area (Å²) in [6, 6.07) is 5.71. The molecule has 2 N–H and O–H groups in total. The molecule has 3 nitrogen and oxygen atoms in total. The summed E-state index contributed by atoms with van der Waals surface area (Å²) < 4.78 is 6.12. The fourth-order valence-electron chi connectivity index (χ4n) is 1.19. The van der Waals surface area contributed by atoms with E-state index in [1.807, 2.05) is 18.2 Å². The van der Waals surface area contributed by atoms with Crippen LogP contribution in [0.25, 0.3) is 0 Å². The van der Waals surface area contributed by atoms with Gasteiger partial charge in [-0.15, -0.1) is 0 Å². The fraction of sp³-hybridized carbons (Fsp3) is 0.417. The molecule has 0 aliphatic rings. The van der Waals surface area contributed by atoms with Gasteiger partial charge in [-0.25, -0.2) is 0 Å². The highest BCUT2D eigenvalue weighted by molar-refractivity contribution is 9.10. The van der Waals surface area contributed by atoms with E-state index in [0.29, 0.717) is 11.0 Å². The molecule has 0 aromatic heterocycles. The zero-order valence-electron chi connectivity index (χ0n) is 10.2. The lowest BCUT2D eigenvalue weighted by Crippen LogP contribution is -2.31. The van der Waals surface area contributed by atoms with Crippen molar-refractivity contribution in [3.63, 3.8) is 0 Å². The number of benzene rings is 1. The summed E-state index contributed by atoms with van der Waals surface area (Å²) in [6.45, 7) is 5.13. The first-order chi connectivity index (χ1) is 8.02. The molecule has 0 unspecified atom stereocenters. The summed E-state index contributed by atoms with van der Waals surface area (Å²) in [5.74, 6) is 1.35.